The van der Waals surface area contributed by atoms with E-state index in [4.69, 9.17) is 4.74 Å². The van der Waals surface area contributed by atoms with Crippen molar-refractivity contribution in [2.45, 2.75) is 26.2 Å². The van der Waals surface area contributed by atoms with Gasteiger partial charge < -0.3 is 15.4 Å². The van der Waals surface area contributed by atoms with Crippen LogP contribution in [0.2, 0.25) is 0 Å². The number of nitrogens with zero attached hydrogens (tertiary/aromatic N) is 1. The van der Waals surface area contributed by atoms with Crippen molar-refractivity contribution in [3.63, 3.8) is 0 Å². The number of anilines is 1. The summed E-state index contributed by atoms with van der Waals surface area (Å²) in [5.41, 5.74) is 3.54. The fourth-order valence-corrected chi connectivity index (χ4v) is 5.39. The van der Waals surface area contributed by atoms with Gasteiger partial charge in [0.2, 0.25) is 11.8 Å². The minimum atomic E-state index is -1.20. The van der Waals surface area contributed by atoms with Crippen molar-refractivity contribution in [3.8, 4) is 6.07 Å². The topological polar surface area (TPSA) is 108 Å². The van der Waals surface area contributed by atoms with Crippen LogP contribution in [0.5, 0.6) is 0 Å². The minimum Gasteiger partial charge on any atom is -0.468 e. The molecule has 34 heavy (non-hydrogen) atoms. The van der Waals surface area contributed by atoms with Crippen molar-refractivity contribution in [1.82, 2.24) is 5.32 Å². The molecule has 2 aromatic carbocycles. The minimum absolute atomic E-state index is 0.0240. The third kappa shape index (κ3) is 5.51. The first kappa shape index (κ1) is 25.5. The Morgan fingerprint density at radius 1 is 1.26 bits per heavy atom. The first-order chi connectivity index (χ1) is 16.3. The van der Waals surface area contributed by atoms with Gasteiger partial charge in [0.05, 0.1) is 29.5 Å². The Balaban J connectivity index is 1.88. The number of esters is 1. The molecule has 0 fully saturated rings. The maximum atomic E-state index is 12.9. The summed E-state index contributed by atoms with van der Waals surface area (Å²) >= 11 is 4.53. The normalized spacial score (nSPS) is 17.6. The van der Waals surface area contributed by atoms with Crippen LogP contribution in [0.15, 0.2) is 57.5 Å². The Kier molecular flexibility index (Phi) is 8.53. The number of benzene rings is 2. The zero-order chi connectivity index (χ0) is 24.8. The van der Waals surface area contributed by atoms with E-state index >= 15 is 0 Å². The number of allylic oxidation sites excluding steroid dienone is 1. The van der Waals surface area contributed by atoms with Gasteiger partial charge in [0, 0.05) is 16.1 Å². The zero-order valence-electron chi connectivity index (χ0n) is 19.0. The summed E-state index contributed by atoms with van der Waals surface area (Å²) in [5, 5.41) is 15.8. The summed E-state index contributed by atoms with van der Waals surface area (Å²) < 4.78 is 5.78. The van der Waals surface area contributed by atoms with Gasteiger partial charge in [0.25, 0.3) is 0 Å². The molecule has 1 heterocycles. The molecule has 1 aliphatic heterocycles. The molecule has 3 rings (SSSR count). The average molecular weight is 542 g/mol. The van der Waals surface area contributed by atoms with Crippen LogP contribution < -0.4 is 10.6 Å². The Hall–Kier alpha value is -3.09. The van der Waals surface area contributed by atoms with Gasteiger partial charge in [0.1, 0.15) is 5.92 Å². The van der Waals surface area contributed by atoms with E-state index in [-0.39, 0.29) is 22.3 Å². The second-order valence-corrected chi connectivity index (χ2v) is 9.58. The molecule has 176 valence electrons. The Morgan fingerprint density at radius 2 is 1.97 bits per heavy atom. The lowest BCUT2D eigenvalue weighted by Gasteiger charge is -2.30. The first-order valence-corrected chi connectivity index (χ1v) is 12.4. The molecule has 9 heteroatoms. The number of hydrogen-bond donors (Lipinski definition) is 2. The summed E-state index contributed by atoms with van der Waals surface area (Å²) in [5.74, 6) is -3.59. The average Bonchev–Trinajstić information content (AvgIpc) is 2.83. The molecule has 0 aromatic heterocycles. The van der Waals surface area contributed by atoms with Crippen molar-refractivity contribution in [3.05, 3.63) is 74.2 Å². The standard InChI is InChI=1S/C25H24BrN3O4S/c1-4-15-11-17(26)10-14(2)22(15)28-19(30)13-34-24-18(12-27)20(16-8-6-5-7-9-16)21(23(31)29-24)25(32)33-3/h5-11,20-21H,4,13H2,1-3H3,(H,28,30)(H,29,31)/t20-,21+/m1/s1. The predicted octanol–water partition coefficient (Wildman–Crippen LogP) is 4.43. The summed E-state index contributed by atoms with van der Waals surface area (Å²) in [4.78, 5) is 38.1. The SMILES string of the molecule is CCc1cc(Br)cc(C)c1NC(=O)CSC1=C(C#N)[C@@H](c2ccccc2)[C@H](C(=O)OC)C(=O)N1. The van der Waals surface area contributed by atoms with Gasteiger partial charge in [0.15, 0.2) is 0 Å². The van der Waals surface area contributed by atoms with Crippen LogP contribution >= 0.6 is 27.7 Å². The Morgan fingerprint density at radius 3 is 2.59 bits per heavy atom. The van der Waals surface area contributed by atoms with Crippen LogP contribution in [0, 0.1) is 24.2 Å². The molecule has 2 N–H and O–H groups in total. The third-order valence-corrected chi connectivity index (χ3v) is 6.99. The number of amides is 2. The molecule has 0 radical (unpaired) electrons. The summed E-state index contributed by atoms with van der Waals surface area (Å²) in [6, 6.07) is 14.9. The molecule has 0 spiro atoms. The number of thioether (sulfide) groups is 1. The summed E-state index contributed by atoms with van der Waals surface area (Å²) in [6.45, 7) is 3.93. The lowest BCUT2D eigenvalue weighted by Crippen LogP contribution is -2.44. The van der Waals surface area contributed by atoms with E-state index in [2.05, 4.69) is 32.6 Å². The van der Waals surface area contributed by atoms with Crippen molar-refractivity contribution < 1.29 is 19.1 Å². The number of rotatable bonds is 7. The molecule has 2 atom stereocenters. The van der Waals surface area contributed by atoms with E-state index in [1.807, 2.05) is 32.0 Å². The molecule has 0 unspecified atom stereocenters. The van der Waals surface area contributed by atoms with Crippen molar-refractivity contribution in [2.75, 3.05) is 18.2 Å². The van der Waals surface area contributed by atoms with Gasteiger partial charge in [-0.15, -0.1) is 0 Å². The molecule has 0 bridgehead atoms. The van der Waals surface area contributed by atoms with Gasteiger partial charge in [-0.2, -0.15) is 5.26 Å². The van der Waals surface area contributed by atoms with E-state index in [1.54, 1.807) is 24.3 Å². The van der Waals surface area contributed by atoms with Crippen LogP contribution in [0.1, 0.15) is 29.5 Å². The molecule has 2 aromatic rings. The van der Waals surface area contributed by atoms with Crippen molar-refractivity contribution >= 4 is 51.2 Å². The van der Waals surface area contributed by atoms with Crippen molar-refractivity contribution in [1.29, 1.82) is 5.26 Å². The number of carbonyl (C=O) groups excluding carboxylic acids is 3. The lowest BCUT2D eigenvalue weighted by molar-refractivity contribution is -0.150. The highest BCUT2D eigenvalue weighted by Crippen LogP contribution is 2.40. The maximum Gasteiger partial charge on any atom is 0.319 e. The Bertz CT molecular complexity index is 1190. The fourth-order valence-electron chi connectivity index (χ4n) is 3.92. The van der Waals surface area contributed by atoms with Gasteiger partial charge in [-0.05, 0) is 42.2 Å². The molecule has 7 nitrogen and oxygen atoms in total. The molecular weight excluding hydrogens is 518 g/mol. The van der Waals surface area contributed by atoms with Crippen LogP contribution in [0.4, 0.5) is 5.69 Å². The number of ether oxygens (including phenoxy) is 1. The largest absolute Gasteiger partial charge is 0.468 e. The zero-order valence-corrected chi connectivity index (χ0v) is 21.4. The number of carbonyl (C=O) groups is 3. The van der Waals surface area contributed by atoms with Crippen LogP contribution in [0.3, 0.4) is 0 Å². The highest BCUT2D eigenvalue weighted by Gasteiger charge is 2.44. The number of halogens is 1. The van der Waals surface area contributed by atoms with Crippen LogP contribution in [-0.2, 0) is 25.5 Å². The molecule has 0 aliphatic carbocycles. The van der Waals surface area contributed by atoms with E-state index in [1.165, 1.54) is 7.11 Å². The number of nitrogens with one attached hydrogen (secondary N) is 2. The second-order valence-electron chi connectivity index (χ2n) is 7.68. The van der Waals surface area contributed by atoms with Gasteiger partial charge >= 0.3 is 5.97 Å². The van der Waals surface area contributed by atoms with E-state index in [0.29, 0.717) is 5.56 Å². The molecular formula is C25H24BrN3O4S. The first-order valence-electron chi connectivity index (χ1n) is 10.6. The van der Waals surface area contributed by atoms with Crippen LogP contribution in [0.25, 0.3) is 0 Å². The fraction of sp³-hybridized carbons (Fsp3) is 0.280. The molecule has 1 aliphatic rings. The summed E-state index contributed by atoms with van der Waals surface area (Å²) in [7, 11) is 1.21. The highest BCUT2D eigenvalue weighted by molar-refractivity contribution is 9.10. The predicted molar refractivity (Wildman–Crippen MR) is 135 cm³/mol. The smallest absolute Gasteiger partial charge is 0.319 e. The maximum absolute atomic E-state index is 12.9. The molecule has 2 amide bonds. The highest BCUT2D eigenvalue weighted by atomic mass is 79.9. The van der Waals surface area contributed by atoms with Crippen molar-refractivity contribution in [2.24, 2.45) is 5.92 Å². The Labute approximate surface area is 211 Å². The second kappa shape index (κ2) is 11.4. The monoisotopic (exact) mass is 541 g/mol. The van der Waals surface area contributed by atoms with Gasteiger partial charge in [-0.25, -0.2) is 0 Å². The number of methoxy groups -OCH3 is 1. The number of hydrogen-bond acceptors (Lipinski definition) is 6. The molecule has 0 saturated carbocycles. The summed E-state index contributed by atoms with van der Waals surface area (Å²) in [6.07, 6.45) is 0.747. The van der Waals surface area contributed by atoms with Crippen LogP contribution in [-0.4, -0.2) is 30.6 Å². The quantitative estimate of drug-likeness (QED) is 0.396. The third-order valence-electron chi connectivity index (χ3n) is 5.52. The van der Waals surface area contributed by atoms with E-state index in [9.17, 15) is 19.6 Å². The van der Waals surface area contributed by atoms with E-state index < -0.39 is 23.7 Å². The van der Waals surface area contributed by atoms with E-state index in [0.717, 1.165) is 39.5 Å². The lowest BCUT2D eigenvalue weighted by atomic mass is 9.78. The number of nitriles is 1. The number of aryl methyl sites for hydroxylation is 2. The van der Waals surface area contributed by atoms with Gasteiger partial charge in [-0.3, -0.25) is 14.4 Å². The van der Waals surface area contributed by atoms with Gasteiger partial charge in [-0.1, -0.05) is 64.9 Å². The molecule has 0 saturated heterocycles.